The Morgan fingerprint density at radius 2 is 1.93 bits per heavy atom. The smallest absolute Gasteiger partial charge is 0.121 e. The maximum Gasteiger partial charge on any atom is 0.121 e. The van der Waals surface area contributed by atoms with Gasteiger partial charge in [0.2, 0.25) is 0 Å². The van der Waals surface area contributed by atoms with E-state index in [2.05, 4.69) is 19.1 Å². The minimum absolute atomic E-state index is 0.0109. The van der Waals surface area contributed by atoms with E-state index in [1.165, 1.54) is 11.1 Å². The van der Waals surface area contributed by atoms with Gasteiger partial charge in [-0.1, -0.05) is 6.07 Å². The van der Waals surface area contributed by atoms with Gasteiger partial charge >= 0.3 is 0 Å². The quantitative estimate of drug-likeness (QED) is 0.733. The van der Waals surface area contributed by atoms with E-state index in [1.807, 2.05) is 6.07 Å². The number of hydrogen-bond acceptors (Lipinski definition) is 2. The Morgan fingerprint density at radius 1 is 1.21 bits per heavy atom. The molecule has 2 rings (SSSR count). The lowest BCUT2D eigenvalue weighted by Crippen LogP contribution is -2.08. The number of methoxy groups -OCH3 is 2. The molecule has 14 heavy (non-hydrogen) atoms. The van der Waals surface area contributed by atoms with Crippen LogP contribution in [-0.4, -0.2) is 14.2 Å². The first kappa shape index (κ1) is 9.53. The van der Waals surface area contributed by atoms with Gasteiger partial charge < -0.3 is 9.47 Å². The predicted octanol–water partition coefficient (Wildman–Crippen LogP) is 2.64. The molecule has 1 aromatic carbocycles. The second-order valence-electron chi connectivity index (χ2n) is 3.88. The number of rotatable bonds is 3. The van der Waals surface area contributed by atoms with Crippen LogP contribution in [0.4, 0.5) is 0 Å². The van der Waals surface area contributed by atoms with E-state index in [0.29, 0.717) is 0 Å². The van der Waals surface area contributed by atoms with E-state index >= 15 is 0 Å². The van der Waals surface area contributed by atoms with Crippen molar-refractivity contribution in [3.63, 3.8) is 0 Å². The summed E-state index contributed by atoms with van der Waals surface area (Å²) in [5.74, 6) is 0.945. The summed E-state index contributed by atoms with van der Waals surface area (Å²) in [5.41, 5.74) is 2.46. The average Bonchev–Trinajstić information content (AvgIpc) is 2.98. The fourth-order valence-electron chi connectivity index (χ4n) is 1.89. The number of aryl methyl sites for hydroxylation is 1. The van der Waals surface area contributed by atoms with Crippen molar-refractivity contribution in [2.45, 2.75) is 25.4 Å². The first-order chi connectivity index (χ1) is 6.72. The summed E-state index contributed by atoms with van der Waals surface area (Å²) in [5, 5.41) is 0. The molecule has 1 fully saturated rings. The molecular formula is C12H16O2. The van der Waals surface area contributed by atoms with E-state index in [9.17, 15) is 0 Å². The fraction of sp³-hybridized carbons (Fsp3) is 0.500. The van der Waals surface area contributed by atoms with Crippen LogP contribution in [0.2, 0.25) is 0 Å². The molecule has 0 radical (unpaired) electrons. The lowest BCUT2D eigenvalue weighted by atomic mass is 10.0. The van der Waals surface area contributed by atoms with Crippen molar-refractivity contribution >= 4 is 0 Å². The van der Waals surface area contributed by atoms with Gasteiger partial charge in [-0.05, 0) is 43.0 Å². The summed E-state index contributed by atoms with van der Waals surface area (Å²) in [7, 11) is 3.48. The average molecular weight is 192 g/mol. The van der Waals surface area contributed by atoms with Crippen LogP contribution in [0, 0.1) is 6.92 Å². The maximum absolute atomic E-state index is 5.52. The summed E-state index contributed by atoms with van der Waals surface area (Å²) in [6.07, 6.45) is 2.27. The van der Waals surface area contributed by atoms with Crippen molar-refractivity contribution in [2.24, 2.45) is 0 Å². The van der Waals surface area contributed by atoms with Crippen LogP contribution in [0.1, 0.15) is 24.0 Å². The predicted molar refractivity (Wildman–Crippen MR) is 55.7 cm³/mol. The van der Waals surface area contributed by atoms with Gasteiger partial charge in [-0.15, -0.1) is 0 Å². The highest BCUT2D eigenvalue weighted by Crippen LogP contribution is 2.49. The molecule has 0 heterocycles. The van der Waals surface area contributed by atoms with Crippen LogP contribution < -0.4 is 4.74 Å². The lowest BCUT2D eigenvalue weighted by molar-refractivity contribution is 0.0788. The number of benzene rings is 1. The van der Waals surface area contributed by atoms with Crippen LogP contribution in [0.5, 0.6) is 5.75 Å². The molecule has 0 atom stereocenters. The van der Waals surface area contributed by atoms with Crippen LogP contribution in [-0.2, 0) is 10.3 Å². The van der Waals surface area contributed by atoms with E-state index in [-0.39, 0.29) is 5.60 Å². The van der Waals surface area contributed by atoms with Crippen molar-refractivity contribution in [1.82, 2.24) is 0 Å². The second-order valence-corrected chi connectivity index (χ2v) is 3.88. The molecule has 2 heteroatoms. The molecule has 1 aliphatic carbocycles. The van der Waals surface area contributed by atoms with Crippen LogP contribution >= 0.6 is 0 Å². The second kappa shape index (κ2) is 3.28. The summed E-state index contributed by atoms with van der Waals surface area (Å²) < 4.78 is 10.7. The molecule has 0 saturated heterocycles. The molecule has 1 saturated carbocycles. The van der Waals surface area contributed by atoms with Crippen LogP contribution in [0.3, 0.4) is 0 Å². The molecule has 0 N–H and O–H groups in total. The Hall–Kier alpha value is -1.02. The van der Waals surface area contributed by atoms with Crippen molar-refractivity contribution in [3.05, 3.63) is 29.3 Å². The van der Waals surface area contributed by atoms with E-state index in [1.54, 1.807) is 14.2 Å². The molecule has 0 spiro atoms. The SMILES string of the molecule is COc1ccc(C2(OC)CC2)cc1C. The van der Waals surface area contributed by atoms with E-state index in [4.69, 9.17) is 9.47 Å². The summed E-state index contributed by atoms with van der Waals surface area (Å²) >= 11 is 0. The lowest BCUT2D eigenvalue weighted by Gasteiger charge is -2.15. The van der Waals surface area contributed by atoms with E-state index in [0.717, 1.165) is 18.6 Å². The Bertz CT molecular complexity index is 340. The first-order valence-electron chi connectivity index (χ1n) is 4.92. The topological polar surface area (TPSA) is 18.5 Å². The Balaban J connectivity index is 2.33. The summed E-state index contributed by atoms with van der Waals surface area (Å²) in [6.45, 7) is 2.06. The molecule has 0 aromatic heterocycles. The van der Waals surface area contributed by atoms with Gasteiger partial charge in [0.25, 0.3) is 0 Å². The summed E-state index contributed by atoms with van der Waals surface area (Å²) in [4.78, 5) is 0. The normalized spacial score (nSPS) is 17.9. The van der Waals surface area contributed by atoms with Gasteiger partial charge in [-0.25, -0.2) is 0 Å². The van der Waals surface area contributed by atoms with Crippen molar-refractivity contribution in [2.75, 3.05) is 14.2 Å². The van der Waals surface area contributed by atoms with Crippen LogP contribution in [0.25, 0.3) is 0 Å². The van der Waals surface area contributed by atoms with Gasteiger partial charge in [-0.3, -0.25) is 0 Å². The Labute approximate surface area is 84.8 Å². The maximum atomic E-state index is 5.52. The zero-order valence-electron chi connectivity index (χ0n) is 8.96. The largest absolute Gasteiger partial charge is 0.496 e. The fourth-order valence-corrected chi connectivity index (χ4v) is 1.89. The molecule has 0 aliphatic heterocycles. The van der Waals surface area contributed by atoms with E-state index < -0.39 is 0 Å². The molecule has 2 nitrogen and oxygen atoms in total. The third-order valence-electron chi connectivity index (χ3n) is 3.02. The first-order valence-corrected chi connectivity index (χ1v) is 4.92. The molecule has 76 valence electrons. The van der Waals surface area contributed by atoms with Crippen molar-refractivity contribution < 1.29 is 9.47 Å². The van der Waals surface area contributed by atoms with Crippen molar-refractivity contribution in [1.29, 1.82) is 0 Å². The number of hydrogen-bond donors (Lipinski definition) is 0. The third kappa shape index (κ3) is 1.40. The van der Waals surface area contributed by atoms with Gasteiger partial charge in [0.05, 0.1) is 12.7 Å². The molecular weight excluding hydrogens is 176 g/mol. The zero-order valence-corrected chi connectivity index (χ0v) is 8.96. The standard InChI is InChI=1S/C12H16O2/c1-9-8-10(4-5-11(9)13-2)12(14-3)6-7-12/h4-5,8H,6-7H2,1-3H3. The van der Waals surface area contributed by atoms with Gasteiger partial charge in [0.1, 0.15) is 5.75 Å². The molecule has 1 aliphatic rings. The van der Waals surface area contributed by atoms with Gasteiger partial charge in [0, 0.05) is 7.11 Å². The van der Waals surface area contributed by atoms with Crippen molar-refractivity contribution in [3.8, 4) is 5.75 Å². The number of ether oxygens (including phenoxy) is 2. The highest BCUT2D eigenvalue weighted by atomic mass is 16.5. The van der Waals surface area contributed by atoms with Gasteiger partial charge in [-0.2, -0.15) is 0 Å². The minimum Gasteiger partial charge on any atom is -0.496 e. The summed E-state index contributed by atoms with van der Waals surface area (Å²) in [6, 6.07) is 6.28. The van der Waals surface area contributed by atoms with Gasteiger partial charge in [0.15, 0.2) is 0 Å². The molecule has 0 amide bonds. The third-order valence-corrected chi connectivity index (χ3v) is 3.02. The highest BCUT2D eigenvalue weighted by Gasteiger charge is 2.44. The van der Waals surface area contributed by atoms with Crippen LogP contribution in [0.15, 0.2) is 18.2 Å². The Morgan fingerprint density at radius 3 is 2.36 bits per heavy atom. The minimum atomic E-state index is 0.0109. The Kier molecular flexibility index (Phi) is 2.23. The highest BCUT2D eigenvalue weighted by molar-refractivity contribution is 5.40. The molecule has 0 bridgehead atoms. The molecule has 0 unspecified atom stereocenters. The zero-order chi connectivity index (χ0) is 10.2. The monoisotopic (exact) mass is 192 g/mol. The molecule has 1 aromatic rings.